The van der Waals surface area contributed by atoms with Crippen molar-refractivity contribution in [3.63, 3.8) is 0 Å². The largest absolute Gasteiger partial charge is 0.254 e. The molecule has 0 aliphatic carbocycles. The molecule has 4 aromatic rings. The van der Waals surface area contributed by atoms with E-state index in [1.807, 2.05) is 24.5 Å². The molecule has 0 bridgehead atoms. The van der Waals surface area contributed by atoms with Gasteiger partial charge in [-0.05, 0) is 37.1 Å². The lowest BCUT2D eigenvalue weighted by atomic mass is 10.0. The average molecular weight is 336 g/mol. The monoisotopic (exact) mass is 336 g/mol. The van der Waals surface area contributed by atoms with Gasteiger partial charge in [0.2, 0.25) is 0 Å². The molecule has 0 atom stereocenters. The highest BCUT2D eigenvalue weighted by molar-refractivity contribution is 5.68. The van der Waals surface area contributed by atoms with Crippen molar-refractivity contribution >= 4 is 0 Å². The standard InChI is InChI=1S/C24H20N2/c1-17-5-3-7-19(13-17)21-9-11-23(25-15-21)24-12-10-22(16-26-24)20-8-4-6-18(2)14-20/h3-16H,1-2H3. The van der Waals surface area contributed by atoms with Crippen LogP contribution in [0.15, 0.2) is 85.2 Å². The smallest absolute Gasteiger partial charge is 0.0886 e. The minimum atomic E-state index is 0.886. The predicted molar refractivity (Wildman–Crippen MR) is 108 cm³/mol. The van der Waals surface area contributed by atoms with E-state index in [9.17, 15) is 0 Å². The molecule has 0 saturated carbocycles. The molecule has 0 spiro atoms. The first-order chi connectivity index (χ1) is 12.7. The number of hydrogen-bond donors (Lipinski definition) is 0. The lowest BCUT2D eigenvalue weighted by molar-refractivity contribution is 1.25. The van der Waals surface area contributed by atoms with Gasteiger partial charge in [0.15, 0.2) is 0 Å². The van der Waals surface area contributed by atoms with Gasteiger partial charge in [-0.3, -0.25) is 9.97 Å². The molecule has 126 valence electrons. The number of nitrogens with zero attached hydrogens (tertiary/aromatic N) is 2. The Morgan fingerprint density at radius 2 is 0.962 bits per heavy atom. The maximum absolute atomic E-state index is 4.61. The fourth-order valence-corrected chi connectivity index (χ4v) is 3.08. The summed E-state index contributed by atoms with van der Waals surface area (Å²) in [6.45, 7) is 4.20. The summed E-state index contributed by atoms with van der Waals surface area (Å²) >= 11 is 0. The first-order valence-corrected chi connectivity index (χ1v) is 8.76. The van der Waals surface area contributed by atoms with E-state index in [2.05, 4.69) is 84.5 Å². The number of pyridine rings is 2. The molecule has 0 radical (unpaired) electrons. The molecule has 4 rings (SSSR count). The van der Waals surface area contributed by atoms with Crippen LogP contribution in [0.5, 0.6) is 0 Å². The van der Waals surface area contributed by atoms with Crippen molar-refractivity contribution in [1.29, 1.82) is 0 Å². The molecule has 0 aliphatic heterocycles. The molecule has 2 heteroatoms. The first kappa shape index (κ1) is 16.2. The summed E-state index contributed by atoms with van der Waals surface area (Å²) in [5, 5.41) is 0. The highest BCUT2D eigenvalue weighted by Gasteiger charge is 2.05. The quantitative estimate of drug-likeness (QED) is 0.452. The van der Waals surface area contributed by atoms with Crippen LogP contribution in [0, 0.1) is 13.8 Å². The Labute approximate surface area is 154 Å². The summed E-state index contributed by atoms with van der Waals surface area (Å²) in [6, 6.07) is 25.2. The molecule has 2 heterocycles. The van der Waals surface area contributed by atoms with E-state index in [0.29, 0.717) is 0 Å². The lowest BCUT2D eigenvalue weighted by Gasteiger charge is -2.06. The van der Waals surface area contributed by atoms with Crippen LogP contribution in [0.1, 0.15) is 11.1 Å². The van der Waals surface area contributed by atoms with Gasteiger partial charge in [0.25, 0.3) is 0 Å². The van der Waals surface area contributed by atoms with Gasteiger partial charge in [-0.2, -0.15) is 0 Å². The zero-order chi connectivity index (χ0) is 17.9. The summed E-state index contributed by atoms with van der Waals surface area (Å²) in [7, 11) is 0. The zero-order valence-corrected chi connectivity index (χ0v) is 15.0. The van der Waals surface area contributed by atoms with Gasteiger partial charge in [-0.15, -0.1) is 0 Å². The third kappa shape index (κ3) is 3.40. The Morgan fingerprint density at radius 3 is 1.31 bits per heavy atom. The minimum Gasteiger partial charge on any atom is -0.254 e. The molecule has 2 aromatic heterocycles. The Hall–Kier alpha value is -3.26. The number of hydrogen-bond acceptors (Lipinski definition) is 2. The van der Waals surface area contributed by atoms with Gasteiger partial charge in [-0.1, -0.05) is 71.8 Å². The summed E-state index contributed by atoms with van der Waals surface area (Å²) < 4.78 is 0. The highest BCUT2D eigenvalue weighted by Crippen LogP contribution is 2.24. The number of aromatic nitrogens is 2. The summed E-state index contributed by atoms with van der Waals surface area (Å²) in [4.78, 5) is 9.22. The molecule has 0 saturated heterocycles. The van der Waals surface area contributed by atoms with E-state index in [1.165, 1.54) is 22.3 Å². The molecule has 0 fully saturated rings. The Bertz CT molecular complexity index is 945. The van der Waals surface area contributed by atoms with Gasteiger partial charge in [0.1, 0.15) is 0 Å². The van der Waals surface area contributed by atoms with Crippen LogP contribution in [0.25, 0.3) is 33.6 Å². The normalized spacial score (nSPS) is 10.7. The fourth-order valence-electron chi connectivity index (χ4n) is 3.08. The first-order valence-electron chi connectivity index (χ1n) is 8.76. The van der Waals surface area contributed by atoms with Gasteiger partial charge < -0.3 is 0 Å². The fraction of sp³-hybridized carbons (Fsp3) is 0.0833. The molecule has 0 N–H and O–H groups in total. The van der Waals surface area contributed by atoms with Crippen molar-refractivity contribution < 1.29 is 0 Å². The third-order valence-corrected chi connectivity index (χ3v) is 4.49. The van der Waals surface area contributed by atoms with Crippen LogP contribution >= 0.6 is 0 Å². The van der Waals surface area contributed by atoms with Crippen molar-refractivity contribution in [3.8, 4) is 33.6 Å². The lowest BCUT2D eigenvalue weighted by Crippen LogP contribution is -1.89. The van der Waals surface area contributed by atoms with Crippen LogP contribution in [-0.4, -0.2) is 9.97 Å². The van der Waals surface area contributed by atoms with E-state index in [4.69, 9.17) is 0 Å². The van der Waals surface area contributed by atoms with E-state index in [-0.39, 0.29) is 0 Å². The Balaban J connectivity index is 1.60. The zero-order valence-electron chi connectivity index (χ0n) is 15.0. The van der Waals surface area contributed by atoms with Gasteiger partial charge in [-0.25, -0.2) is 0 Å². The number of aryl methyl sites for hydroxylation is 2. The second-order valence-corrected chi connectivity index (χ2v) is 6.60. The summed E-state index contributed by atoms with van der Waals surface area (Å²) in [5.41, 5.74) is 8.88. The number of rotatable bonds is 3. The van der Waals surface area contributed by atoms with Crippen LogP contribution < -0.4 is 0 Å². The summed E-state index contributed by atoms with van der Waals surface area (Å²) in [6.07, 6.45) is 3.83. The van der Waals surface area contributed by atoms with Gasteiger partial charge in [0.05, 0.1) is 11.4 Å². The molecule has 0 amide bonds. The molecular weight excluding hydrogens is 316 g/mol. The molecular formula is C24H20N2. The van der Waals surface area contributed by atoms with Crippen molar-refractivity contribution in [3.05, 3.63) is 96.3 Å². The van der Waals surface area contributed by atoms with Crippen LogP contribution in [-0.2, 0) is 0 Å². The molecule has 0 aliphatic rings. The third-order valence-electron chi connectivity index (χ3n) is 4.49. The molecule has 2 aromatic carbocycles. The molecule has 2 nitrogen and oxygen atoms in total. The predicted octanol–water partition coefficient (Wildman–Crippen LogP) is 6.09. The molecule has 26 heavy (non-hydrogen) atoms. The van der Waals surface area contributed by atoms with Gasteiger partial charge in [0, 0.05) is 23.5 Å². The molecule has 0 unspecified atom stereocenters. The second-order valence-electron chi connectivity index (χ2n) is 6.60. The SMILES string of the molecule is Cc1cccc(-c2ccc(-c3ccc(-c4cccc(C)c4)cn3)nc2)c1. The van der Waals surface area contributed by atoms with E-state index in [0.717, 1.165) is 22.5 Å². The Morgan fingerprint density at radius 1 is 0.500 bits per heavy atom. The Kier molecular flexibility index (Phi) is 4.32. The average Bonchev–Trinajstić information content (AvgIpc) is 2.68. The maximum Gasteiger partial charge on any atom is 0.0886 e. The van der Waals surface area contributed by atoms with Crippen molar-refractivity contribution in [2.24, 2.45) is 0 Å². The van der Waals surface area contributed by atoms with Crippen LogP contribution in [0.4, 0.5) is 0 Å². The minimum absolute atomic E-state index is 0.886. The summed E-state index contributed by atoms with van der Waals surface area (Å²) in [5.74, 6) is 0. The van der Waals surface area contributed by atoms with Crippen LogP contribution in [0.3, 0.4) is 0 Å². The van der Waals surface area contributed by atoms with E-state index < -0.39 is 0 Å². The van der Waals surface area contributed by atoms with Crippen LogP contribution in [0.2, 0.25) is 0 Å². The maximum atomic E-state index is 4.61. The van der Waals surface area contributed by atoms with E-state index >= 15 is 0 Å². The number of benzene rings is 2. The topological polar surface area (TPSA) is 25.8 Å². The highest BCUT2D eigenvalue weighted by atomic mass is 14.8. The van der Waals surface area contributed by atoms with Crippen molar-refractivity contribution in [1.82, 2.24) is 9.97 Å². The van der Waals surface area contributed by atoms with E-state index in [1.54, 1.807) is 0 Å². The second kappa shape index (κ2) is 6.93. The van der Waals surface area contributed by atoms with Gasteiger partial charge >= 0.3 is 0 Å². The van der Waals surface area contributed by atoms with Crippen molar-refractivity contribution in [2.75, 3.05) is 0 Å². The van der Waals surface area contributed by atoms with Crippen molar-refractivity contribution in [2.45, 2.75) is 13.8 Å².